The number of carbonyl (C=O) groups is 1. The topological polar surface area (TPSA) is 126 Å². The highest BCUT2D eigenvalue weighted by Gasteiger charge is 2.35. The van der Waals surface area contributed by atoms with Gasteiger partial charge in [0, 0.05) is 17.5 Å². The molecule has 0 atom stereocenters. The van der Waals surface area contributed by atoms with Crippen molar-refractivity contribution in [3.63, 3.8) is 0 Å². The van der Waals surface area contributed by atoms with Crippen LogP contribution in [-0.4, -0.2) is 49.7 Å². The summed E-state index contributed by atoms with van der Waals surface area (Å²) in [6.45, 7) is 1.69. The van der Waals surface area contributed by atoms with Gasteiger partial charge in [-0.2, -0.15) is 13.2 Å². The second-order valence-electron chi connectivity index (χ2n) is 8.25. The van der Waals surface area contributed by atoms with Crippen molar-refractivity contribution in [3.8, 4) is 28.5 Å². The summed E-state index contributed by atoms with van der Waals surface area (Å²) in [7, 11) is -3.08. The Kier molecular flexibility index (Phi) is 8.04. The normalized spacial score (nSPS) is 13.3. The van der Waals surface area contributed by atoms with E-state index in [0.717, 1.165) is 0 Å². The molecule has 0 saturated heterocycles. The number of carbonyl (C=O) groups excluding carboxylic acids is 1. The molecule has 0 spiro atoms. The van der Waals surface area contributed by atoms with Crippen molar-refractivity contribution in [2.75, 3.05) is 19.7 Å². The summed E-state index contributed by atoms with van der Waals surface area (Å²) in [5.74, 6) is -0.231. The van der Waals surface area contributed by atoms with Gasteiger partial charge in [-0.1, -0.05) is 17.3 Å². The first kappa shape index (κ1) is 27.8. The van der Waals surface area contributed by atoms with Gasteiger partial charge in [-0.05, 0) is 49.7 Å². The fourth-order valence-electron chi connectivity index (χ4n) is 3.54. The summed E-state index contributed by atoms with van der Waals surface area (Å²) in [6.07, 6.45) is -5.56. The Morgan fingerprint density at radius 3 is 2.56 bits per heavy atom. The SMILES string of the molecule is COc1ccccc1-c1cc(C(F)(F)F)nc(S(=O)(=O)CCCC(=O)O/N=C(\C)c2ccc3c(c2)OCO3)n1. The lowest BCUT2D eigenvalue weighted by atomic mass is 10.1. The Balaban J connectivity index is 1.44. The van der Waals surface area contributed by atoms with Gasteiger partial charge in [-0.15, -0.1) is 0 Å². The molecule has 0 radical (unpaired) electrons. The van der Waals surface area contributed by atoms with Crippen LogP contribution in [0, 0.1) is 0 Å². The van der Waals surface area contributed by atoms with E-state index < -0.39 is 38.6 Å². The maximum absolute atomic E-state index is 13.5. The summed E-state index contributed by atoms with van der Waals surface area (Å²) in [5.41, 5.74) is -0.577. The smallest absolute Gasteiger partial charge is 0.433 e. The zero-order valence-corrected chi connectivity index (χ0v) is 21.5. The van der Waals surface area contributed by atoms with E-state index in [1.165, 1.54) is 19.2 Å². The molecular formula is C25H22F3N3O7S. The van der Waals surface area contributed by atoms with Crippen LogP contribution in [0.4, 0.5) is 13.2 Å². The molecule has 39 heavy (non-hydrogen) atoms. The molecule has 0 bridgehead atoms. The highest BCUT2D eigenvalue weighted by atomic mass is 32.2. The van der Waals surface area contributed by atoms with Gasteiger partial charge >= 0.3 is 12.1 Å². The van der Waals surface area contributed by atoms with Crippen molar-refractivity contribution in [3.05, 3.63) is 59.8 Å². The Bertz CT molecular complexity index is 1530. The first-order valence-corrected chi connectivity index (χ1v) is 13.1. The van der Waals surface area contributed by atoms with E-state index >= 15 is 0 Å². The van der Waals surface area contributed by atoms with E-state index in [9.17, 15) is 26.4 Å². The van der Waals surface area contributed by atoms with E-state index in [4.69, 9.17) is 19.0 Å². The fraction of sp³-hybridized carbons (Fsp3) is 0.280. The Morgan fingerprint density at radius 2 is 1.82 bits per heavy atom. The third-order valence-corrected chi connectivity index (χ3v) is 7.09. The van der Waals surface area contributed by atoms with Gasteiger partial charge in [0.05, 0.1) is 24.3 Å². The molecule has 2 aromatic carbocycles. The molecule has 2 heterocycles. The van der Waals surface area contributed by atoms with Crippen molar-refractivity contribution in [2.24, 2.45) is 5.16 Å². The number of hydrogen-bond donors (Lipinski definition) is 0. The number of sulfone groups is 1. The second-order valence-corrected chi connectivity index (χ2v) is 10.3. The molecule has 14 heteroatoms. The van der Waals surface area contributed by atoms with Gasteiger partial charge in [0.2, 0.25) is 21.8 Å². The molecule has 1 aliphatic rings. The third-order valence-electron chi connectivity index (χ3n) is 5.53. The summed E-state index contributed by atoms with van der Waals surface area (Å²) in [5, 5.41) is 2.74. The van der Waals surface area contributed by atoms with Gasteiger partial charge < -0.3 is 19.0 Å². The van der Waals surface area contributed by atoms with Crippen molar-refractivity contribution in [1.82, 2.24) is 9.97 Å². The number of aromatic nitrogens is 2. The quantitative estimate of drug-likeness (QED) is 0.160. The lowest BCUT2D eigenvalue weighted by Gasteiger charge is -2.13. The van der Waals surface area contributed by atoms with Crippen LogP contribution in [0.1, 0.15) is 31.0 Å². The number of benzene rings is 2. The van der Waals surface area contributed by atoms with Crippen molar-refractivity contribution >= 4 is 21.5 Å². The van der Waals surface area contributed by atoms with Crippen LogP contribution in [0.5, 0.6) is 17.2 Å². The third kappa shape index (κ3) is 6.63. The van der Waals surface area contributed by atoms with Crippen molar-refractivity contribution < 1.29 is 45.4 Å². The number of oxime groups is 1. The molecule has 1 aromatic heterocycles. The Labute approximate surface area is 221 Å². The van der Waals surface area contributed by atoms with E-state index in [1.54, 1.807) is 37.3 Å². The molecule has 0 N–H and O–H groups in total. The van der Waals surface area contributed by atoms with Gasteiger partial charge in [-0.25, -0.2) is 23.2 Å². The molecule has 4 rings (SSSR count). The number of hydrogen-bond acceptors (Lipinski definition) is 10. The largest absolute Gasteiger partial charge is 0.496 e. The minimum absolute atomic E-state index is 0.0974. The minimum Gasteiger partial charge on any atom is -0.496 e. The summed E-state index contributed by atoms with van der Waals surface area (Å²) in [4.78, 5) is 24.1. The van der Waals surface area contributed by atoms with Crippen molar-refractivity contribution in [2.45, 2.75) is 31.1 Å². The fourth-order valence-corrected chi connectivity index (χ4v) is 4.72. The van der Waals surface area contributed by atoms with E-state index in [2.05, 4.69) is 15.1 Å². The molecule has 206 valence electrons. The minimum atomic E-state index is -4.93. The molecule has 0 saturated carbocycles. The monoisotopic (exact) mass is 565 g/mol. The lowest BCUT2D eigenvalue weighted by molar-refractivity contribution is -0.143. The van der Waals surface area contributed by atoms with Gasteiger partial charge in [0.25, 0.3) is 0 Å². The summed E-state index contributed by atoms with van der Waals surface area (Å²) >= 11 is 0. The predicted octanol–water partition coefficient (Wildman–Crippen LogP) is 4.42. The van der Waals surface area contributed by atoms with Crippen molar-refractivity contribution in [1.29, 1.82) is 0 Å². The Hall–Kier alpha value is -4.20. The zero-order chi connectivity index (χ0) is 28.2. The van der Waals surface area contributed by atoms with Crippen LogP contribution >= 0.6 is 0 Å². The first-order valence-electron chi connectivity index (χ1n) is 11.4. The van der Waals surface area contributed by atoms with E-state index in [1.807, 2.05) is 0 Å². The van der Waals surface area contributed by atoms with Crippen LogP contribution in [0.25, 0.3) is 11.3 Å². The molecule has 0 amide bonds. The molecule has 10 nitrogen and oxygen atoms in total. The van der Waals surface area contributed by atoms with E-state index in [-0.39, 0.29) is 36.6 Å². The molecule has 1 aliphatic heterocycles. The van der Waals surface area contributed by atoms with Gasteiger partial charge in [-0.3, -0.25) is 0 Å². The Morgan fingerprint density at radius 1 is 1.08 bits per heavy atom. The van der Waals surface area contributed by atoms with Crippen LogP contribution in [-0.2, 0) is 25.6 Å². The van der Waals surface area contributed by atoms with Crippen LogP contribution in [0.2, 0.25) is 0 Å². The lowest BCUT2D eigenvalue weighted by Crippen LogP contribution is -2.17. The maximum atomic E-state index is 13.5. The number of nitrogens with zero attached hydrogens (tertiary/aromatic N) is 3. The average molecular weight is 566 g/mol. The number of alkyl halides is 3. The maximum Gasteiger partial charge on any atom is 0.433 e. The first-order chi connectivity index (χ1) is 18.5. The van der Waals surface area contributed by atoms with Gasteiger partial charge in [0.1, 0.15) is 11.4 Å². The predicted molar refractivity (Wildman–Crippen MR) is 131 cm³/mol. The standard InChI is InChI=1S/C25H22F3N3O7S/c1-15(16-9-10-20-21(12-16)37-14-36-20)31-38-23(32)8-5-11-39(33,34)24-29-18(13-22(30-24)25(26,27)28)17-6-3-4-7-19(17)35-2/h3-4,6-7,9-10,12-13H,5,8,11,14H2,1-2H3/b31-15+. The summed E-state index contributed by atoms with van der Waals surface area (Å²) < 4.78 is 82.0. The number of methoxy groups -OCH3 is 1. The number of rotatable bonds is 9. The summed E-state index contributed by atoms with van der Waals surface area (Å²) in [6, 6.07) is 11.8. The number of fused-ring (bicyclic) bond motifs is 1. The number of para-hydroxylation sites is 1. The number of halogens is 3. The molecule has 3 aromatic rings. The number of ether oxygens (including phenoxy) is 3. The average Bonchev–Trinajstić information content (AvgIpc) is 3.39. The molecule has 0 aliphatic carbocycles. The van der Waals surface area contributed by atoms with Crippen LogP contribution in [0.3, 0.4) is 0 Å². The highest BCUT2D eigenvalue weighted by Crippen LogP contribution is 2.35. The molecule has 0 unspecified atom stereocenters. The van der Waals surface area contributed by atoms with Crippen LogP contribution < -0.4 is 14.2 Å². The second kappa shape index (κ2) is 11.3. The van der Waals surface area contributed by atoms with E-state index in [0.29, 0.717) is 28.8 Å². The zero-order valence-electron chi connectivity index (χ0n) is 20.7. The molecule has 0 fully saturated rings. The van der Waals surface area contributed by atoms with Gasteiger partial charge in [0.15, 0.2) is 11.5 Å². The van der Waals surface area contributed by atoms with Crippen LogP contribution in [0.15, 0.2) is 58.8 Å². The molecular weight excluding hydrogens is 543 g/mol. The highest BCUT2D eigenvalue weighted by molar-refractivity contribution is 7.91.